The van der Waals surface area contributed by atoms with Crippen molar-refractivity contribution in [3.8, 4) is 11.1 Å². The second-order valence-electron chi connectivity index (χ2n) is 6.24. The van der Waals surface area contributed by atoms with Crippen LogP contribution < -0.4 is 5.32 Å². The molecule has 0 radical (unpaired) electrons. The molecule has 148 valence electrons. The molecule has 0 saturated carbocycles. The Hall–Kier alpha value is -1.64. The summed E-state index contributed by atoms with van der Waals surface area (Å²) in [6.45, 7) is 0.692. The van der Waals surface area contributed by atoms with Gasteiger partial charge in [-0.05, 0) is 55.8 Å². The van der Waals surface area contributed by atoms with Crippen molar-refractivity contribution in [3.63, 3.8) is 0 Å². The van der Waals surface area contributed by atoms with Crippen LogP contribution in [0.1, 0.15) is 12.8 Å². The van der Waals surface area contributed by atoms with Gasteiger partial charge in [-0.1, -0.05) is 12.1 Å². The first-order valence-corrected chi connectivity index (χ1v) is 9.60. The molecule has 1 fully saturated rings. The minimum atomic E-state index is -4.87. The molecule has 1 aliphatic rings. The summed E-state index contributed by atoms with van der Waals surface area (Å²) in [7, 11) is -4.87. The highest BCUT2D eigenvalue weighted by Gasteiger charge is 2.52. The van der Waals surface area contributed by atoms with E-state index in [4.69, 9.17) is 0 Å². The average Bonchev–Trinajstić information content (AvgIpc) is 2.62. The van der Waals surface area contributed by atoms with E-state index in [9.17, 15) is 26.0 Å². The lowest BCUT2D eigenvalue weighted by Crippen LogP contribution is -2.43. The summed E-state index contributed by atoms with van der Waals surface area (Å²) < 4.78 is 80.8. The molecule has 0 aromatic heterocycles. The second kappa shape index (κ2) is 8.16. The number of alkyl halides is 2. The maximum atomic E-state index is 14.6. The van der Waals surface area contributed by atoms with E-state index in [0.29, 0.717) is 19.2 Å². The van der Waals surface area contributed by atoms with Gasteiger partial charge in [-0.2, -0.15) is 8.78 Å². The predicted octanol–water partition coefficient (Wildman–Crippen LogP) is 4.42. The van der Waals surface area contributed by atoms with Gasteiger partial charge in [-0.25, -0.2) is 17.2 Å². The molecule has 1 heterocycles. The Morgan fingerprint density at radius 2 is 1.56 bits per heavy atom. The van der Waals surface area contributed by atoms with Crippen molar-refractivity contribution >= 4 is 22.2 Å². The van der Waals surface area contributed by atoms with Crippen molar-refractivity contribution in [2.24, 2.45) is 5.92 Å². The van der Waals surface area contributed by atoms with Gasteiger partial charge in [0.1, 0.15) is 11.6 Å². The lowest BCUT2D eigenvalue weighted by molar-refractivity contribution is 0.0121. The third-order valence-electron chi connectivity index (χ3n) is 4.58. The highest BCUT2D eigenvalue weighted by atomic mass is 35.5. The quantitative estimate of drug-likeness (QED) is 0.740. The van der Waals surface area contributed by atoms with Crippen LogP contribution in [0.15, 0.2) is 47.4 Å². The zero-order valence-corrected chi connectivity index (χ0v) is 15.7. The van der Waals surface area contributed by atoms with Crippen LogP contribution in [-0.4, -0.2) is 26.8 Å². The van der Waals surface area contributed by atoms with Crippen molar-refractivity contribution in [2.75, 3.05) is 13.1 Å². The Morgan fingerprint density at radius 1 is 0.963 bits per heavy atom. The number of piperidine rings is 1. The maximum Gasteiger partial charge on any atom is 0.352 e. The van der Waals surface area contributed by atoms with Crippen LogP contribution in [0, 0.1) is 17.6 Å². The first kappa shape index (κ1) is 21.7. The third kappa shape index (κ3) is 4.12. The number of benzene rings is 2. The van der Waals surface area contributed by atoms with E-state index in [0.717, 1.165) is 18.2 Å². The molecular formula is C18H18ClF4NO2S. The van der Waals surface area contributed by atoms with Crippen LogP contribution in [0.4, 0.5) is 17.6 Å². The Morgan fingerprint density at radius 3 is 2.11 bits per heavy atom. The SMILES string of the molecule is Cl.O=S(=O)(c1ccc(-c2ccc(F)cc2F)cc1)C(F)(F)C1CCNCC1. The summed E-state index contributed by atoms with van der Waals surface area (Å²) in [5.41, 5.74) is 0.326. The number of halogens is 5. The number of hydrogen-bond acceptors (Lipinski definition) is 3. The Labute approximate surface area is 161 Å². The van der Waals surface area contributed by atoms with E-state index >= 15 is 0 Å². The van der Waals surface area contributed by atoms with Crippen LogP contribution >= 0.6 is 12.4 Å². The lowest BCUT2D eigenvalue weighted by Gasteiger charge is -2.30. The average molecular weight is 424 g/mol. The van der Waals surface area contributed by atoms with Crippen LogP contribution in [0.2, 0.25) is 0 Å². The molecule has 1 aliphatic heterocycles. The predicted molar refractivity (Wildman–Crippen MR) is 96.8 cm³/mol. The highest BCUT2D eigenvalue weighted by Crippen LogP contribution is 2.40. The first-order valence-electron chi connectivity index (χ1n) is 8.12. The van der Waals surface area contributed by atoms with E-state index in [1.165, 1.54) is 18.2 Å². The first-order chi connectivity index (χ1) is 12.2. The number of rotatable bonds is 4. The highest BCUT2D eigenvalue weighted by molar-refractivity contribution is 7.92. The maximum absolute atomic E-state index is 14.6. The topological polar surface area (TPSA) is 46.2 Å². The van der Waals surface area contributed by atoms with E-state index in [2.05, 4.69) is 5.32 Å². The van der Waals surface area contributed by atoms with Gasteiger partial charge in [-0.3, -0.25) is 0 Å². The third-order valence-corrected chi connectivity index (χ3v) is 6.52. The van der Waals surface area contributed by atoms with Gasteiger partial charge in [0, 0.05) is 17.5 Å². The summed E-state index contributed by atoms with van der Waals surface area (Å²) in [6.07, 6.45) is 0.149. The fourth-order valence-corrected chi connectivity index (χ4v) is 4.55. The minimum Gasteiger partial charge on any atom is -0.317 e. The van der Waals surface area contributed by atoms with Crippen LogP contribution in [0.3, 0.4) is 0 Å². The van der Waals surface area contributed by atoms with E-state index < -0.39 is 37.5 Å². The van der Waals surface area contributed by atoms with E-state index in [-0.39, 0.29) is 36.4 Å². The summed E-state index contributed by atoms with van der Waals surface area (Å²) >= 11 is 0. The van der Waals surface area contributed by atoms with Gasteiger partial charge in [0.25, 0.3) is 0 Å². The Bertz CT molecular complexity index is 898. The zero-order valence-electron chi connectivity index (χ0n) is 14.1. The molecule has 0 aliphatic carbocycles. The molecule has 0 spiro atoms. The van der Waals surface area contributed by atoms with Crippen molar-refractivity contribution in [3.05, 3.63) is 54.1 Å². The van der Waals surface area contributed by atoms with E-state index in [1.807, 2.05) is 0 Å². The summed E-state index contributed by atoms with van der Waals surface area (Å²) in [5, 5.41) is -0.955. The van der Waals surface area contributed by atoms with Gasteiger partial charge in [0.15, 0.2) is 0 Å². The lowest BCUT2D eigenvalue weighted by atomic mass is 9.99. The Kier molecular flexibility index (Phi) is 6.55. The van der Waals surface area contributed by atoms with Gasteiger partial charge in [0.05, 0.1) is 4.90 Å². The zero-order chi connectivity index (χ0) is 18.9. The normalized spacial score (nSPS) is 16.0. The fourth-order valence-electron chi connectivity index (χ4n) is 3.07. The fraction of sp³-hybridized carbons (Fsp3) is 0.333. The minimum absolute atomic E-state index is 0. The van der Waals surface area contributed by atoms with E-state index in [1.54, 1.807) is 0 Å². The Balaban J connectivity index is 0.00000261. The van der Waals surface area contributed by atoms with Crippen molar-refractivity contribution < 1.29 is 26.0 Å². The molecule has 3 nitrogen and oxygen atoms in total. The van der Waals surface area contributed by atoms with Crippen molar-refractivity contribution in [2.45, 2.75) is 23.0 Å². The molecule has 1 N–H and O–H groups in total. The molecule has 0 unspecified atom stereocenters. The molecule has 1 saturated heterocycles. The molecule has 9 heteroatoms. The van der Waals surface area contributed by atoms with Crippen LogP contribution in [-0.2, 0) is 9.84 Å². The van der Waals surface area contributed by atoms with Gasteiger partial charge in [-0.15, -0.1) is 12.4 Å². The summed E-state index contributed by atoms with van der Waals surface area (Å²) in [5.74, 6) is -2.81. The molecule has 3 rings (SSSR count). The summed E-state index contributed by atoms with van der Waals surface area (Å²) in [6, 6.07) is 7.51. The summed E-state index contributed by atoms with van der Waals surface area (Å²) in [4.78, 5) is -0.521. The molecule has 0 amide bonds. The molecule has 27 heavy (non-hydrogen) atoms. The second-order valence-corrected chi connectivity index (χ2v) is 8.26. The number of sulfone groups is 1. The van der Waals surface area contributed by atoms with Crippen LogP contribution in [0.25, 0.3) is 11.1 Å². The number of nitrogens with one attached hydrogen (secondary N) is 1. The molecule has 0 bridgehead atoms. The number of hydrogen-bond donors (Lipinski definition) is 1. The smallest absolute Gasteiger partial charge is 0.317 e. The monoisotopic (exact) mass is 423 g/mol. The molecule has 0 atom stereocenters. The van der Waals surface area contributed by atoms with Crippen molar-refractivity contribution in [1.29, 1.82) is 0 Å². The van der Waals surface area contributed by atoms with Crippen molar-refractivity contribution in [1.82, 2.24) is 5.32 Å². The standard InChI is InChI=1S/C18H17F4NO2S.ClH/c19-14-3-6-16(17(20)11-14)12-1-4-15(5-2-12)26(24,25)18(21,22)13-7-9-23-10-8-13;/h1-6,11,13,23H,7-10H2;1H. The van der Waals surface area contributed by atoms with Gasteiger partial charge >= 0.3 is 5.25 Å². The van der Waals surface area contributed by atoms with Gasteiger partial charge in [0.2, 0.25) is 9.84 Å². The van der Waals surface area contributed by atoms with Crippen LogP contribution in [0.5, 0.6) is 0 Å². The van der Waals surface area contributed by atoms with Gasteiger partial charge < -0.3 is 5.32 Å². The molecular weight excluding hydrogens is 406 g/mol. The molecule has 2 aromatic rings. The molecule has 2 aromatic carbocycles. The largest absolute Gasteiger partial charge is 0.352 e.